The van der Waals surface area contributed by atoms with Gasteiger partial charge in [-0.25, -0.2) is 4.98 Å². The third-order valence-electron chi connectivity index (χ3n) is 4.03. The Bertz CT molecular complexity index is 677. The summed E-state index contributed by atoms with van der Waals surface area (Å²) in [5, 5.41) is 1.86. The molecule has 1 heterocycles. The zero-order valence-corrected chi connectivity index (χ0v) is 12.5. The molecular weight excluding hydrogens is 262 g/mol. The van der Waals surface area contributed by atoms with Crippen LogP contribution in [0.3, 0.4) is 0 Å². The molecule has 0 spiro atoms. The predicted molar refractivity (Wildman–Crippen MR) is 85.1 cm³/mol. The molecule has 0 atom stereocenters. The number of carbonyl (C=O) groups is 1. The minimum absolute atomic E-state index is 0.0191. The molecule has 1 aliphatic carbocycles. The second kappa shape index (κ2) is 5.35. The van der Waals surface area contributed by atoms with Crippen LogP contribution in [0.4, 0.5) is 5.82 Å². The number of anilines is 1. The van der Waals surface area contributed by atoms with Crippen molar-refractivity contribution < 1.29 is 4.79 Å². The molecule has 1 aromatic heterocycles. The number of hydrogen-bond acceptors (Lipinski definition) is 3. The van der Waals surface area contributed by atoms with Gasteiger partial charge in [-0.05, 0) is 44.1 Å². The quantitative estimate of drug-likeness (QED) is 0.938. The molecule has 2 N–H and O–H groups in total. The Morgan fingerprint density at radius 3 is 2.76 bits per heavy atom. The fourth-order valence-electron chi connectivity index (χ4n) is 2.59. The van der Waals surface area contributed by atoms with Crippen molar-refractivity contribution in [1.82, 2.24) is 9.88 Å². The number of carbonyl (C=O) groups excluding carboxylic acids is 1. The molecule has 21 heavy (non-hydrogen) atoms. The highest BCUT2D eigenvalue weighted by Crippen LogP contribution is 2.31. The first-order valence-corrected chi connectivity index (χ1v) is 7.52. The van der Waals surface area contributed by atoms with Gasteiger partial charge in [-0.1, -0.05) is 24.3 Å². The van der Waals surface area contributed by atoms with E-state index in [4.69, 9.17) is 5.73 Å². The molecular formula is C17H21N3O. The van der Waals surface area contributed by atoms with E-state index in [-0.39, 0.29) is 11.9 Å². The molecule has 2 aromatic rings. The smallest absolute Gasteiger partial charge is 0.272 e. The van der Waals surface area contributed by atoms with Gasteiger partial charge in [0.25, 0.3) is 5.91 Å². The van der Waals surface area contributed by atoms with Gasteiger partial charge in [0.05, 0.1) is 0 Å². The van der Waals surface area contributed by atoms with Gasteiger partial charge in [0, 0.05) is 18.0 Å². The first-order chi connectivity index (χ1) is 10.1. The molecule has 3 rings (SSSR count). The average molecular weight is 283 g/mol. The Labute approximate surface area is 125 Å². The van der Waals surface area contributed by atoms with E-state index in [2.05, 4.69) is 4.98 Å². The van der Waals surface area contributed by atoms with Crippen LogP contribution < -0.4 is 5.73 Å². The van der Waals surface area contributed by atoms with Crippen molar-refractivity contribution in [3.8, 4) is 0 Å². The van der Waals surface area contributed by atoms with Crippen LogP contribution in [0.1, 0.15) is 37.2 Å². The predicted octanol–water partition coefficient (Wildman–Crippen LogP) is 3.08. The number of pyridine rings is 1. The zero-order chi connectivity index (χ0) is 15.0. The normalized spacial score (nSPS) is 14.6. The summed E-state index contributed by atoms with van der Waals surface area (Å²) in [6, 6.07) is 9.78. The second-order valence-electron chi connectivity index (χ2n) is 6.11. The Morgan fingerprint density at radius 2 is 2.10 bits per heavy atom. The van der Waals surface area contributed by atoms with Gasteiger partial charge in [-0.15, -0.1) is 0 Å². The molecule has 1 amide bonds. The van der Waals surface area contributed by atoms with Crippen molar-refractivity contribution in [1.29, 1.82) is 0 Å². The number of amides is 1. The summed E-state index contributed by atoms with van der Waals surface area (Å²) in [4.78, 5) is 19.0. The first-order valence-electron chi connectivity index (χ1n) is 7.52. The molecule has 1 aliphatic rings. The van der Waals surface area contributed by atoms with Crippen LogP contribution in [-0.2, 0) is 0 Å². The molecule has 1 fully saturated rings. The summed E-state index contributed by atoms with van der Waals surface area (Å²) >= 11 is 0. The van der Waals surface area contributed by atoms with Crippen molar-refractivity contribution in [3.05, 3.63) is 36.0 Å². The van der Waals surface area contributed by atoms with E-state index >= 15 is 0 Å². The fraction of sp³-hybridized carbons (Fsp3) is 0.412. The van der Waals surface area contributed by atoms with Gasteiger partial charge in [0.1, 0.15) is 11.5 Å². The highest BCUT2D eigenvalue weighted by atomic mass is 16.2. The van der Waals surface area contributed by atoms with Gasteiger partial charge in [-0.2, -0.15) is 0 Å². The van der Waals surface area contributed by atoms with E-state index in [1.807, 2.05) is 49.1 Å². The van der Waals surface area contributed by atoms with Gasteiger partial charge in [0.2, 0.25) is 0 Å². The minimum Gasteiger partial charge on any atom is -0.383 e. The van der Waals surface area contributed by atoms with Crippen LogP contribution in [-0.4, -0.2) is 28.4 Å². The van der Waals surface area contributed by atoms with Crippen molar-refractivity contribution in [2.45, 2.75) is 32.7 Å². The average Bonchev–Trinajstić information content (AvgIpc) is 3.28. The summed E-state index contributed by atoms with van der Waals surface area (Å²) in [5.41, 5.74) is 6.45. The van der Waals surface area contributed by atoms with Crippen LogP contribution in [0, 0.1) is 5.92 Å². The Balaban J connectivity index is 1.95. The van der Waals surface area contributed by atoms with Crippen molar-refractivity contribution >= 4 is 22.5 Å². The number of nitrogen functional groups attached to an aromatic ring is 1. The Hall–Kier alpha value is -2.10. The number of rotatable bonds is 4. The fourth-order valence-corrected chi connectivity index (χ4v) is 2.59. The van der Waals surface area contributed by atoms with Crippen molar-refractivity contribution in [2.75, 3.05) is 12.3 Å². The highest BCUT2D eigenvalue weighted by Gasteiger charge is 2.29. The Kier molecular flexibility index (Phi) is 3.53. The largest absolute Gasteiger partial charge is 0.383 e. The molecule has 0 bridgehead atoms. The first kappa shape index (κ1) is 13.9. The maximum absolute atomic E-state index is 12.8. The van der Waals surface area contributed by atoms with Crippen molar-refractivity contribution in [2.24, 2.45) is 5.92 Å². The number of aromatic nitrogens is 1. The van der Waals surface area contributed by atoms with Gasteiger partial charge in [0.15, 0.2) is 0 Å². The minimum atomic E-state index is -0.0191. The molecule has 1 aromatic carbocycles. The van der Waals surface area contributed by atoms with E-state index in [0.29, 0.717) is 17.4 Å². The lowest BCUT2D eigenvalue weighted by Gasteiger charge is -2.26. The molecule has 4 nitrogen and oxygen atoms in total. The van der Waals surface area contributed by atoms with E-state index in [1.165, 1.54) is 12.8 Å². The summed E-state index contributed by atoms with van der Waals surface area (Å²) in [7, 11) is 0. The van der Waals surface area contributed by atoms with E-state index < -0.39 is 0 Å². The van der Waals surface area contributed by atoms with Gasteiger partial charge in [-0.3, -0.25) is 4.79 Å². The molecule has 110 valence electrons. The number of nitrogens with zero attached hydrogens (tertiary/aromatic N) is 2. The van der Waals surface area contributed by atoms with Crippen LogP contribution in [0.2, 0.25) is 0 Å². The standard InChI is InChI=1S/C17H21N3O/c1-11(2)20(10-12-7-8-12)17(21)15-9-13-5-3-4-6-14(13)16(18)19-15/h3-6,9,11-12H,7-8,10H2,1-2H3,(H2,18,19). The van der Waals surface area contributed by atoms with Crippen LogP contribution in [0.25, 0.3) is 10.8 Å². The monoisotopic (exact) mass is 283 g/mol. The summed E-state index contributed by atoms with van der Waals surface area (Å²) < 4.78 is 0. The number of nitrogens with two attached hydrogens (primary N) is 1. The summed E-state index contributed by atoms with van der Waals surface area (Å²) in [6.45, 7) is 4.92. The van der Waals surface area contributed by atoms with E-state index in [1.54, 1.807) is 0 Å². The Morgan fingerprint density at radius 1 is 1.38 bits per heavy atom. The van der Waals surface area contributed by atoms with Crippen LogP contribution in [0.5, 0.6) is 0 Å². The number of benzene rings is 1. The lowest BCUT2D eigenvalue weighted by Crippen LogP contribution is -2.39. The SMILES string of the molecule is CC(C)N(CC1CC1)C(=O)c1cc2ccccc2c(N)n1. The maximum Gasteiger partial charge on any atom is 0.272 e. The zero-order valence-electron chi connectivity index (χ0n) is 12.5. The van der Waals surface area contributed by atoms with Crippen LogP contribution in [0.15, 0.2) is 30.3 Å². The molecule has 0 saturated heterocycles. The lowest BCUT2D eigenvalue weighted by molar-refractivity contribution is 0.0690. The summed E-state index contributed by atoms with van der Waals surface area (Å²) in [5.74, 6) is 1.06. The van der Waals surface area contributed by atoms with Crippen LogP contribution >= 0.6 is 0 Å². The molecule has 0 unspecified atom stereocenters. The number of fused-ring (bicyclic) bond motifs is 1. The molecule has 1 saturated carbocycles. The van der Waals surface area contributed by atoms with Gasteiger partial charge < -0.3 is 10.6 Å². The highest BCUT2D eigenvalue weighted by molar-refractivity contribution is 5.99. The van der Waals surface area contributed by atoms with Gasteiger partial charge >= 0.3 is 0 Å². The molecule has 0 aliphatic heterocycles. The topological polar surface area (TPSA) is 59.2 Å². The third-order valence-corrected chi connectivity index (χ3v) is 4.03. The second-order valence-corrected chi connectivity index (χ2v) is 6.11. The van der Waals surface area contributed by atoms with E-state index in [0.717, 1.165) is 17.3 Å². The third kappa shape index (κ3) is 2.84. The number of hydrogen-bond donors (Lipinski definition) is 1. The molecule has 0 radical (unpaired) electrons. The summed E-state index contributed by atoms with van der Waals surface area (Å²) in [6.07, 6.45) is 2.45. The molecule has 4 heteroatoms. The lowest BCUT2D eigenvalue weighted by atomic mass is 10.1. The van der Waals surface area contributed by atoms with E-state index in [9.17, 15) is 4.79 Å². The maximum atomic E-state index is 12.8. The van der Waals surface area contributed by atoms with Crippen molar-refractivity contribution in [3.63, 3.8) is 0 Å².